The van der Waals surface area contributed by atoms with Crippen molar-refractivity contribution in [1.29, 1.82) is 0 Å². The summed E-state index contributed by atoms with van der Waals surface area (Å²) in [5, 5.41) is 0. The Labute approximate surface area is 56.2 Å². The van der Waals surface area contributed by atoms with Gasteiger partial charge >= 0.3 is 4.57 Å². The highest BCUT2D eigenvalue weighted by molar-refractivity contribution is 8.34. The fourth-order valence-corrected chi connectivity index (χ4v) is 0.541. The Hall–Kier alpha value is 0.600. The van der Waals surface area contributed by atoms with E-state index in [9.17, 15) is 0 Å². The van der Waals surface area contributed by atoms with Crippen molar-refractivity contribution < 1.29 is 4.42 Å². The maximum absolute atomic E-state index is 5.29. The Kier molecular flexibility index (Phi) is 5.16. The molecule has 0 aliphatic heterocycles. The Balaban J connectivity index is 3.29. The molecule has 0 aromatic rings. The molecule has 0 aliphatic rings. The SMILES string of the molecule is CC[O+]=C(Cl)SCl. The van der Waals surface area contributed by atoms with Crippen molar-refractivity contribution in [1.82, 2.24) is 0 Å². The van der Waals surface area contributed by atoms with E-state index in [0.29, 0.717) is 6.61 Å². The largest absolute Gasteiger partial charge is 0.466 e. The van der Waals surface area contributed by atoms with Crippen LogP contribution in [0.25, 0.3) is 0 Å². The minimum absolute atomic E-state index is 0.282. The molecule has 1 nitrogen and oxygen atoms in total. The van der Waals surface area contributed by atoms with Gasteiger partial charge in [0.25, 0.3) is 6.61 Å². The quantitative estimate of drug-likeness (QED) is 0.424. The molecule has 0 radical (unpaired) electrons. The summed E-state index contributed by atoms with van der Waals surface area (Å²) in [6.45, 7) is 2.41. The monoisotopic (exact) mass is 159 g/mol. The van der Waals surface area contributed by atoms with E-state index in [-0.39, 0.29) is 4.57 Å². The average Bonchev–Trinajstić information content (AvgIpc) is 1.68. The van der Waals surface area contributed by atoms with Crippen LogP contribution in [0.1, 0.15) is 6.92 Å². The number of hydrogen-bond donors (Lipinski definition) is 0. The number of halogens is 2. The lowest BCUT2D eigenvalue weighted by Gasteiger charge is -1.68. The number of rotatable bonds is 1. The van der Waals surface area contributed by atoms with Gasteiger partial charge in [-0.1, -0.05) is 0 Å². The highest BCUT2D eigenvalue weighted by atomic mass is 35.7. The molecule has 0 aromatic heterocycles. The molecule has 0 bridgehead atoms. The summed E-state index contributed by atoms with van der Waals surface area (Å²) in [5.74, 6) is 0. The van der Waals surface area contributed by atoms with Crippen molar-refractivity contribution in [3.63, 3.8) is 0 Å². The average molecular weight is 160 g/mol. The number of carbonyl (C=O) groups excluding carboxylic acids is 1. The van der Waals surface area contributed by atoms with E-state index in [1.807, 2.05) is 6.92 Å². The third-order valence-electron chi connectivity index (χ3n) is 0.318. The maximum Gasteiger partial charge on any atom is 0.466 e. The van der Waals surface area contributed by atoms with E-state index in [1.165, 1.54) is 0 Å². The van der Waals surface area contributed by atoms with E-state index < -0.39 is 0 Å². The molecule has 0 aliphatic carbocycles. The summed E-state index contributed by atoms with van der Waals surface area (Å²) in [5.41, 5.74) is 0. The van der Waals surface area contributed by atoms with Crippen molar-refractivity contribution in [3.8, 4) is 0 Å². The summed E-state index contributed by atoms with van der Waals surface area (Å²) in [6.07, 6.45) is 0. The van der Waals surface area contributed by atoms with Crippen LogP contribution in [0.4, 0.5) is 4.42 Å². The molecule has 0 N–H and O–H groups in total. The van der Waals surface area contributed by atoms with Crippen LogP contribution < -0.4 is 0 Å². The second-order valence-electron chi connectivity index (χ2n) is 0.748. The Morgan fingerprint density at radius 3 is 2.57 bits per heavy atom. The normalized spacial score (nSPS) is 12.1. The highest BCUT2D eigenvalue weighted by Gasteiger charge is 2.02. The molecule has 0 heterocycles. The molecule has 0 saturated carbocycles. The van der Waals surface area contributed by atoms with Crippen LogP contribution >= 0.6 is 33.3 Å². The summed E-state index contributed by atoms with van der Waals surface area (Å²) >= 11 is 5.29. The van der Waals surface area contributed by atoms with Gasteiger partial charge in [-0.2, -0.15) is 0 Å². The molecule has 0 atom stereocenters. The van der Waals surface area contributed by atoms with E-state index in [0.717, 1.165) is 11.0 Å². The van der Waals surface area contributed by atoms with Crippen LogP contribution in [0, 0.1) is 0 Å². The van der Waals surface area contributed by atoms with Crippen LogP contribution in [0.5, 0.6) is 0 Å². The van der Waals surface area contributed by atoms with Crippen LogP contribution in [-0.4, -0.2) is 11.2 Å². The van der Waals surface area contributed by atoms with Gasteiger partial charge in [-0.3, -0.25) is 0 Å². The lowest BCUT2D eigenvalue weighted by atomic mass is 10.9. The molecule has 0 rings (SSSR count). The van der Waals surface area contributed by atoms with Crippen molar-refractivity contribution in [2.75, 3.05) is 6.61 Å². The second-order valence-corrected chi connectivity index (χ2v) is 2.30. The van der Waals surface area contributed by atoms with Gasteiger partial charge < -0.3 is 0 Å². The molecule has 42 valence electrons. The van der Waals surface area contributed by atoms with Gasteiger partial charge in [0.05, 0.1) is 11.0 Å². The van der Waals surface area contributed by atoms with Gasteiger partial charge in [0.1, 0.15) is 0 Å². The topological polar surface area (TPSA) is 11.3 Å². The summed E-state index contributed by atoms with van der Waals surface area (Å²) in [4.78, 5) is 0. The van der Waals surface area contributed by atoms with Gasteiger partial charge in [-0.15, -0.1) is 0 Å². The molecule has 0 unspecified atom stereocenters. The zero-order valence-corrected chi connectivity index (χ0v) is 6.11. The van der Waals surface area contributed by atoms with Crippen molar-refractivity contribution in [2.24, 2.45) is 0 Å². The Morgan fingerprint density at radius 1 is 1.86 bits per heavy atom. The molecule has 0 aromatic carbocycles. The summed E-state index contributed by atoms with van der Waals surface area (Å²) in [7, 11) is 6.03. The van der Waals surface area contributed by atoms with Crippen molar-refractivity contribution in [2.45, 2.75) is 6.92 Å². The summed E-state index contributed by atoms with van der Waals surface area (Å²) < 4.78 is 4.99. The summed E-state index contributed by atoms with van der Waals surface area (Å²) in [6, 6.07) is 0. The van der Waals surface area contributed by atoms with Gasteiger partial charge in [0.2, 0.25) is 0 Å². The first-order chi connectivity index (χ1) is 3.31. The fraction of sp³-hybridized carbons (Fsp3) is 0.667. The minimum Gasteiger partial charge on any atom is -0.235 e. The van der Waals surface area contributed by atoms with Gasteiger partial charge in [-0.05, 0) is 10.7 Å². The molecule has 4 heteroatoms. The molecule has 7 heavy (non-hydrogen) atoms. The van der Waals surface area contributed by atoms with Crippen molar-refractivity contribution in [3.05, 3.63) is 0 Å². The fourth-order valence-electron chi connectivity index (χ4n) is 0.136. The van der Waals surface area contributed by atoms with Gasteiger partial charge in [0.15, 0.2) is 0 Å². The van der Waals surface area contributed by atoms with E-state index in [2.05, 4.69) is 0 Å². The zero-order valence-electron chi connectivity index (χ0n) is 3.78. The number of hydrogen-bond acceptors (Lipinski definition) is 1. The first kappa shape index (κ1) is 7.60. The molecule has 0 amide bonds. The molecule has 0 fully saturated rings. The predicted molar refractivity (Wildman–Crippen MR) is 35.2 cm³/mol. The molecule has 0 spiro atoms. The Morgan fingerprint density at radius 2 is 2.43 bits per heavy atom. The molecular formula is C3H5Cl2OS+. The molecular weight excluding hydrogens is 155 g/mol. The first-order valence-corrected chi connectivity index (χ1v) is 3.77. The van der Waals surface area contributed by atoms with Gasteiger partial charge in [0, 0.05) is 18.5 Å². The van der Waals surface area contributed by atoms with Crippen LogP contribution in [0.15, 0.2) is 0 Å². The predicted octanol–water partition coefficient (Wildman–Crippen LogP) is 2.79. The lowest BCUT2D eigenvalue weighted by molar-refractivity contribution is -0.116. The van der Waals surface area contributed by atoms with Crippen molar-refractivity contribution >= 4 is 37.8 Å². The van der Waals surface area contributed by atoms with E-state index in [1.54, 1.807) is 0 Å². The van der Waals surface area contributed by atoms with Crippen LogP contribution in [-0.2, 0) is 0 Å². The minimum atomic E-state index is 0.282. The standard InChI is InChI=1S/C3H5Cl2OS/c1-2-6-3(4)7-5/h2H2,1H3/q+1. The van der Waals surface area contributed by atoms with Crippen LogP contribution in [0.2, 0.25) is 0 Å². The maximum atomic E-state index is 5.29. The third kappa shape index (κ3) is 4.45. The highest BCUT2D eigenvalue weighted by Crippen LogP contribution is 2.14. The zero-order chi connectivity index (χ0) is 5.70. The van der Waals surface area contributed by atoms with E-state index >= 15 is 0 Å². The van der Waals surface area contributed by atoms with Gasteiger partial charge in [-0.25, -0.2) is 4.42 Å². The smallest absolute Gasteiger partial charge is 0.235 e. The Bertz CT molecular complexity index is 73.3. The van der Waals surface area contributed by atoms with Crippen LogP contribution in [0.3, 0.4) is 0 Å². The lowest BCUT2D eigenvalue weighted by Crippen LogP contribution is -1.68. The second kappa shape index (κ2) is 4.75. The first-order valence-electron chi connectivity index (χ1n) is 1.75. The van der Waals surface area contributed by atoms with E-state index in [4.69, 9.17) is 26.7 Å². The third-order valence-corrected chi connectivity index (χ3v) is 1.56. The molecule has 0 saturated heterocycles.